The van der Waals surface area contributed by atoms with Crippen molar-refractivity contribution >= 4 is 5.78 Å². The number of ketones is 1. The smallest absolute Gasteiger partial charge is 0.143 e. The summed E-state index contributed by atoms with van der Waals surface area (Å²) < 4.78 is 0. The molecule has 0 spiro atoms. The van der Waals surface area contributed by atoms with Gasteiger partial charge in [-0.05, 0) is 71.6 Å². The van der Waals surface area contributed by atoms with E-state index in [0.717, 1.165) is 19.3 Å². The number of benzene rings is 1. The summed E-state index contributed by atoms with van der Waals surface area (Å²) in [5.41, 5.74) is 6.14. The molecule has 2 fully saturated rings. The fourth-order valence-corrected chi connectivity index (χ4v) is 5.23. The summed E-state index contributed by atoms with van der Waals surface area (Å²) in [6, 6.07) is 4.86. The van der Waals surface area contributed by atoms with Crippen LogP contribution in [0.4, 0.5) is 0 Å². The van der Waals surface area contributed by atoms with Crippen molar-refractivity contribution in [2.45, 2.75) is 83.0 Å². The van der Waals surface area contributed by atoms with Gasteiger partial charge in [-0.25, -0.2) is 0 Å². The molecule has 0 aliphatic heterocycles. The van der Waals surface area contributed by atoms with Gasteiger partial charge in [-0.15, -0.1) is 0 Å². The van der Waals surface area contributed by atoms with Crippen LogP contribution in [0.2, 0.25) is 0 Å². The molecule has 0 aromatic heterocycles. The Morgan fingerprint density at radius 3 is 2.05 bits per heavy atom. The predicted molar refractivity (Wildman–Crippen MR) is 90.5 cm³/mol. The number of rotatable bonds is 1. The summed E-state index contributed by atoms with van der Waals surface area (Å²) in [7, 11) is 0. The molecule has 3 aliphatic rings. The fourth-order valence-electron chi connectivity index (χ4n) is 5.23. The van der Waals surface area contributed by atoms with Gasteiger partial charge in [0.15, 0.2) is 0 Å². The quantitative estimate of drug-likeness (QED) is 0.715. The van der Waals surface area contributed by atoms with Crippen LogP contribution in [0.25, 0.3) is 0 Å². The number of carbonyl (C=O) groups excluding carboxylic acids is 1. The molecule has 2 atom stereocenters. The summed E-state index contributed by atoms with van der Waals surface area (Å²) in [6.45, 7) is 11.7. The van der Waals surface area contributed by atoms with Gasteiger partial charge in [-0.1, -0.05) is 39.8 Å². The third kappa shape index (κ3) is 1.69. The SMILES string of the molecule is Cc1cc2c(cc1C13CC1CCC3=O)C(C)(C)CCC2(C)C. The van der Waals surface area contributed by atoms with Gasteiger partial charge in [-0.3, -0.25) is 4.79 Å². The van der Waals surface area contributed by atoms with Crippen LogP contribution in [0.5, 0.6) is 0 Å². The first kappa shape index (κ1) is 14.5. The molecular weight excluding hydrogens is 268 g/mol. The summed E-state index contributed by atoms with van der Waals surface area (Å²) in [6.07, 6.45) is 5.51. The molecule has 0 amide bonds. The second-order valence-electron chi connectivity index (χ2n) is 9.31. The summed E-state index contributed by atoms with van der Waals surface area (Å²) in [5, 5.41) is 0. The minimum atomic E-state index is -0.0865. The molecule has 22 heavy (non-hydrogen) atoms. The highest BCUT2D eigenvalue weighted by Gasteiger charge is 2.64. The zero-order valence-electron chi connectivity index (χ0n) is 14.7. The van der Waals surface area contributed by atoms with Gasteiger partial charge in [0.05, 0.1) is 5.41 Å². The van der Waals surface area contributed by atoms with Crippen molar-refractivity contribution in [3.63, 3.8) is 0 Å². The fraction of sp³-hybridized carbons (Fsp3) is 0.667. The molecule has 0 heterocycles. The van der Waals surface area contributed by atoms with E-state index in [1.165, 1.54) is 35.1 Å². The Morgan fingerprint density at radius 1 is 0.955 bits per heavy atom. The number of hydrogen-bond acceptors (Lipinski definition) is 1. The van der Waals surface area contributed by atoms with Crippen molar-refractivity contribution in [3.05, 3.63) is 34.4 Å². The molecule has 0 radical (unpaired) electrons. The van der Waals surface area contributed by atoms with Gasteiger partial charge < -0.3 is 0 Å². The molecule has 2 unspecified atom stereocenters. The minimum Gasteiger partial charge on any atom is -0.299 e. The zero-order valence-corrected chi connectivity index (χ0v) is 14.7. The van der Waals surface area contributed by atoms with E-state index in [1.54, 1.807) is 0 Å². The van der Waals surface area contributed by atoms with E-state index >= 15 is 0 Å². The van der Waals surface area contributed by atoms with Gasteiger partial charge >= 0.3 is 0 Å². The summed E-state index contributed by atoms with van der Waals surface area (Å²) in [4.78, 5) is 12.5. The lowest BCUT2D eigenvalue weighted by Gasteiger charge is -2.42. The summed E-state index contributed by atoms with van der Waals surface area (Å²) >= 11 is 0. The van der Waals surface area contributed by atoms with Crippen molar-refractivity contribution in [3.8, 4) is 0 Å². The Labute approximate surface area is 134 Å². The van der Waals surface area contributed by atoms with Crippen LogP contribution in [0, 0.1) is 12.8 Å². The first-order valence-electron chi connectivity index (χ1n) is 8.88. The highest BCUT2D eigenvalue weighted by Crippen LogP contribution is 2.63. The Bertz CT molecular complexity index is 679. The predicted octanol–water partition coefficient (Wildman–Crippen LogP) is 4.96. The van der Waals surface area contributed by atoms with Gasteiger partial charge in [0.1, 0.15) is 5.78 Å². The van der Waals surface area contributed by atoms with E-state index in [-0.39, 0.29) is 16.2 Å². The molecule has 1 nitrogen and oxygen atoms in total. The normalized spacial score (nSPS) is 34.2. The first-order valence-corrected chi connectivity index (χ1v) is 8.88. The zero-order chi connectivity index (χ0) is 15.9. The second kappa shape index (κ2) is 4.04. The van der Waals surface area contributed by atoms with Gasteiger partial charge in [0, 0.05) is 6.42 Å². The largest absolute Gasteiger partial charge is 0.299 e. The highest BCUT2D eigenvalue weighted by molar-refractivity contribution is 5.97. The van der Waals surface area contributed by atoms with Crippen LogP contribution in [0.15, 0.2) is 12.1 Å². The molecule has 4 rings (SSSR count). The van der Waals surface area contributed by atoms with Crippen LogP contribution in [-0.4, -0.2) is 5.78 Å². The molecule has 1 heteroatoms. The number of hydrogen-bond donors (Lipinski definition) is 0. The van der Waals surface area contributed by atoms with E-state index in [9.17, 15) is 4.79 Å². The monoisotopic (exact) mass is 296 g/mol. The van der Waals surface area contributed by atoms with Crippen molar-refractivity contribution < 1.29 is 4.79 Å². The molecule has 0 saturated heterocycles. The molecule has 1 aromatic rings. The maximum atomic E-state index is 12.5. The first-order chi connectivity index (χ1) is 10.2. The molecule has 2 saturated carbocycles. The number of Topliss-reactive ketones (excluding diaryl/α,β-unsaturated/α-hetero) is 1. The van der Waals surface area contributed by atoms with Crippen LogP contribution in [0.1, 0.15) is 82.1 Å². The van der Waals surface area contributed by atoms with Crippen molar-refractivity contribution in [1.82, 2.24) is 0 Å². The van der Waals surface area contributed by atoms with E-state index < -0.39 is 0 Å². The van der Waals surface area contributed by atoms with Crippen LogP contribution >= 0.6 is 0 Å². The lowest BCUT2D eigenvalue weighted by molar-refractivity contribution is -0.120. The Hall–Kier alpha value is -1.11. The molecule has 1 aromatic carbocycles. The van der Waals surface area contributed by atoms with Crippen LogP contribution in [0.3, 0.4) is 0 Å². The van der Waals surface area contributed by atoms with Crippen molar-refractivity contribution in [2.75, 3.05) is 0 Å². The van der Waals surface area contributed by atoms with E-state index in [2.05, 4.69) is 46.8 Å². The summed E-state index contributed by atoms with van der Waals surface area (Å²) in [5.74, 6) is 1.14. The maximum Gasteiger partial charge on any atom is 0.143 e. The lowest BCUT2D eigenvalue weighted by Crippen LogP contribution is -2.35. The lowest BCUT2D eigenvalue weighted by atomic mass is 9.62. The van der Waals surface area contributed by atoms with Crippen LogP contribution in [-0.2, 0) is 21.0 Å². The second-order valence-corrected chi connectivity index (χ2v) is 9.31. The Kier molecular flexibility index (Phi) is 2.66. The van der Waals surface area contributed by atoms with Crippen LogP contribution < -0.4 is 0 Å². The van der Waals surface area contributed by atoms with Crippen molar-refractivity contribution in [1.29, 1.82) is 0 Å². The van der Waals surface area contributed by atoms with Gasteiger partial charge in [0.2, 0.25) is 0 Å². The Balaban J connectivity index is 1.92. The molecule has 0 bridgehead atoms. The number of fused-ring (bicyclic) bond motifs is 2. The minimum absolute atomic E-state index is 0.0865. The van der Waals surface area contributed by atoms with E-state index in [4.69, 9.17) is 0 Å². The number of aryl methyl sites for hydroxylation is 1. The average molecular weight is 296 g/mol. The molecule has 0 N–H and O–H groups in total. The molecule has 118 valence electrons. The topological polar surface area (TPSA) is 17.1 Å². The average Bonchev–Trinajstić information content (AvgIpc) is 3.09. The van der Waals surface area contributed by atoms with Crippen molar-refractivity contribution in [2.24, 2.45) is 5.92 Å². The molecule has 3 aliphatic carbocycles. The number of carbonyl (C=O) groups is 1. The van der Waals surface area contributed by atoms with Gasteiger partial charge in [-0.2, -0.15) is 0 Å². The Morgan fingerprint density at radius 2 is 1.55 bits per heavy atom. The molecular formula is C21H28O. The maximum absolute atomic E-state index is 12.5. The third-order valence-electron chi connectivity index (χ3n) is 7.00. The third-order valence-corrected chi connectivity index (χ3v) is 7.00. The highest BCUT2D eigenvalue weighted by atomic mass is 16.1. The van der Waals surface area contributed by atoms with Gasteiger partial charge in [0.25, 0.3) is 0 Å². The van der Waals surface area contributed by atoms with E-state index in [0.29, 0.717) is 11.7 Å². The standard InChI is InChI=1S/C21H28O/c1-13-10-16-17(20(4,5)9-8-19(16,2)3)11-15(13)21-12-14(21)6-7-18(21)22/h10-11,14H,6-9,12H2,1-5H3. The van der Waals surface area contributed by atoms with E-state index in [1.807, 2.05) is 0 Å².